The third-order valence-corrected chi connectivity index (χ3v) is 4.47. The molecule has 3 nitrogen and oxygen atoms in total. The van der Waals surface area contributed by atoms with Crippen LogP contribution in [0.15, 0.2) is 18.2 Å². The fourth-order valence-corrected chi connectivity index (χ4v) is 2.92. The van der Waals surface area contributed by atoms with E-state index in [9.17, 15) is 13.9 Å². The molecular weight excluding hydrogens is 274 g/mol. The van der Waals surface area contributed by atoms with E-state index in [4.69, 9.17) is 0 Å². The molecule has 1 unspecified atom stereocenters. The first-order valence-corrected chi connectivity index (χ1v) is 7.68. The highest BCUT2D eigenvalue weighted by Crippen LogP contribution is 2.32. The molecule has 1 atom stereocenters. The average Bonchev–Trinajstić information content (AvgIpc) is 3.30. The molecule has 0 amide bonds. The lowest BCUT2D eigenvalue weighted by Gasteiger charge is -2.35. The number of benzene rings is 1. The standard InChI is InChI=1S/C16H22F2N2O/c17-14-4-1-12(9-15(14)18)10-19-5-7-20(8-6-19)11-16(21)13-2-3-13/h1,4,9,13,16,21H,2-3,5-8,10-11H2. The van der Waals surface area contributed by atoms with Crippen LogP contribution in [-0.2, 0) is 6.54 Å². The highest BCUT2D eigenvalue weighted by Gasteiger charge is 2.31. The maximum absolute atomic E-state index is 13.2. The van der Waals surface area contributed by atoms with E-state index >= 15 is 0 Å². The molecule has 5 heteroatoms. The Morgan fingerprint density at radius 1 is 1.05 bits per heavy atom. The summed E-state index contributed by atoms with van der Waals surface area (Å²) in [5, 5.41) is 9.97. The number of rotatable bonds is 5. The lowest BCUT2D eigenvalue weighted by molar-refractivity contribution is 0.0601. The summed E-state index contributed by atoms with van der Waals surface area (Å²) in [6.07, 6.45) is 2.15. The molecule has 2 fully saturated rings. The predicted octanol–water partition coefficient (Wildman–Crippen LogP) is 1.85. The Balaban J connectivity index is 1.45. The van der Waals surface area contributed by atoms with Crippen molar-refractivity contribution >= 4 is 0 Å². The minimum absolute atomic E-state index is 0.178. The van der Waals surface area contributed by atoms with Gasteiger partial charge in [-0.05, 0) is 36.5 Å². The van der Waals surface area contributed by atoms with E-state index < -0.39 is 11.6 Å². The first kappa shape index (κ1) is 14.9. The van der Waals surface area contributed by atoms with Crippen LogP contribution in [0.25, 0.3) is 0 Å². The number of halogens is 2. The summed E-state index contributed by atoms with van der Waals surface area (Å²) in [5.41, 5.74) is 0.806. The van der Waals surface area contributed by atoms with Gasteiger partial charge in [-0.3, -0.25) is 9.80 Å². The largest absolute Gasteiger partial charge is 0.392 e. The number of hydrogen-bond acceptors (Lipinski definition) is 3. The molecule has 0 spiro atoms. The molecule has 1 aromatic rings. The Hall–Kier alpha value is -1.04. The summed E-state index contributed by atoms with van der Waals surface area (Å²) >= 11 is 0. The maximum atomic E-state index is 13.2. The van der Waals surface area contributed by atoms with Crippen molar-refractivity contribution < 1.29 is 13.9 Å². The number of hydrogen-bond donors (Lipinski definition) is 1. The Bertz CT molecular complexity index is 485. The third-order valence-electron chi connectivity index (χ3n) is 4.47. The fraction of sp³-hybridized carbons (Fsp3) is 0.625. The SMILES string of the molecule is OC(CN1CCN(Cc2ccc(F)c(F)c2)CC1)C1CC1. The summed E-state index contributed by atoms with van der Waals surface area (Å²) in [4.78, 5) is 4.54. The molecule has 1 aromatic carbocycles. The zero-order valence-corrected chi connectivity index (χ0v) is 12.1. The van der Waals surface area contributed by atoms with Gasteiger partial charge in [0.15, 0.2) is 11.6 Å². The Kier molecular flexibility index (Phi) is 4.52. The number of nitrogens with zero attached hydrogens (tertiary/aromatic N) is 2. The molecule has 3 rings (SSSR count). The van der Waals surface area contributed by atoms with Gasteiger partial charge in [0, 0.05) is 39.3 Å². The van der Waals surface area contributed by atoms with Crippen LogP contribution >= 0.6 is 0 Å². The van der Waals surface area contributed by atoms with E-state index in [0.29, 0.717) is 12.5 Å². The molecule has 0 bridgehead atoms. The summed E-state index contributed by atoms with van der Waals surface area (Å²) in [6.45, 7) is 5.06. The van der Waals surface area contributed by atoms with Crippen LogP contribution in [0.3, 0.4) is 0 Å². The molecule has 2 aliphatic rings. The summed E-state index contributed by atoms with van der Waals surface area (Å²) in [5.74, 6) is -1.05. The van der Waals surface area contributed by atoms with Gasteiger partial charge in [-0.1, -0.05) is 6.07 Å². The van der Waals surface area contributed by atoms with Gasteiger partial charge >= 0.3 is 0 Å². The Morgan fingerprint density at radius 3 is 2.33 bits per heavy atom. The van der Waals surface area contributed by atoms with E-state index in [2.05, 4.69) is 9.80 Å². The molecule has 1 heterocycles. The molecule has 0 radical (unpaired) electrons. The van der Waals surface area contributed by atoms with Gasteiger partial charge in [0.25, 0.3) is 0 Å². The quantitative estimate of drug-likeness (QED) is 0.898. The molecule has 116 valence electrons. The second-order valence-electron chi connectivity index (χ2n) is 6.23. The highest BCUT2D eigenvalue weighted by atomic mass is 19.2. The van der Waals surface area contributed by atoms with E-state index in [0.717, 1.165) is 51.1 Å². The van der Waals surface area contributed by atoms with Gasteiger partial charge in [0.2, 0.25) is 0 Å². The Labute approximate surface area is 124 Å². The number of β-amino-alcohol motifs (C(OH)–C–C–N with tert-alkyl or cyclic N) is 1. The maximum Gasteiger partial charge on any atom is 0.159 e. The highest BCUT2D eigenvalue weighted by molar-refractivity contribution is 5.17. The number of aliphatic hydroxyl groups excluding tert-OH is 1. The van der Waals surface area contributed by atoms with Crippen molar-refractivity contribution in [2.75, 3.05) is 32.7 Å². The molecule has 1 aliphatic heterocycles. The zero-order valence-electron chi connectivity index (χ0n) is 12.1. The minimum atomic E-state index is -0.794. The second kappa shape index (κ2) is 6.38. The van der Waals surface area contributed by atoms with Crippen LogP contribution in [0.1, 0.15) is 18.4 Å². The molecular formula is C16H22F2N2O. The van der Waals surface area contributed by atoms with Crippen molar-refractivity contribution in [2.24, 2.45) is 5.92 Å². The molecule has 1 saturated heterocycles. The van der Waals surface area contributed by atoms with Crippen LogP contribution in [0.5, 0.6) is 0 Å². The minimum Gasteiger partial charge on any atom is -0.392 e. The van der Waals surface area contributed by atoms with E-state index in [1.807, 2.05) is 0 Å². The predicted molar refractivity (Wildman–Crippen MR) is 76.8 cm³/mol. The molecule has 1 aliphatic carbocycles. The van der Waals surface area contributed by atoms with Crippen LogP contribution in [-0.4, -0.2) is 53.7 Å². The molecule has 1 saturated carbocycles. The summed E-state index contributed by atoms with van der Waals surface area (Å²) in [7, 11) is 0. The van der Waals surface area contributed by atoms with Crippen LogP contribution in [0.2, 0.25) is 0 Å². The van der Waals surface area contributed by atoms with Crippen molar-refractivity contribution in [3.63, 3.8) is 0 Å². The van der Waals surface area contributed by atoms with E-state index in [1.54, 1.807) is 6.07 Å². The molecule has 0 aromatic heterocycles. The first-order valence-electron chi connectivity index (χ1n) is 7.68. The molecule has 1 N–H and O–H groups in total. The Morgan fingerprint density at radius 2 is 1.71 bits per heavy atom. The monoisotopic (exact) mass is 296 g/mol. The summed E-state index contributed by atoms with van der Waals surface area (Å²) in [6, 6.07) is 4.10. The zero-order chi connectivity index (χ0) is 14.8. The number of piperazine rings is 1. The van der Waals surface area contributed by atoms with E-state index in [1.165, 1.54) is 12.1 Å². The summed E-state index contributed by atoms with van der Waals surface area (Å²) < 4.78 is 26.1. The fourth-order valence-electron chi connectivity index (χ4n) is 2.92. The van der Waals surface area contributed by atoms with Crippen molar-refractivity contribution in [1.82, 2.24) is 9.80 Å². The van der Waals surface area contributed by atoms with Gasteiger partial charge in [-0.15, -0.1) is 0 Å². The van der Waals surface area contributed by atoms with Crippen LogP contribution in [0, 0.1) is 17.6 Å². The topological polar surface area (TPSA) is 26.7 Å². The van der Waals surface area contributed by atoms with Crippen LogP contribution in [0.4, 0.5) is 8.78 Å². The normalized spacial score (nSPS) is 22.4. The van der Waals surface area contributed by atoms with Gasteiger partial charge < -0.3 is 5.11 Å². The second-order valence-corrected chi connectivity index (χ2v) is 6.23. The van der Waals surface area contributed by atoms with Crippen molar-refractivity contribution in [1.29, 1.82) is 0 Å². The van der Waals surface area contributed by atoms with Crippen LogP contribution < -0.4 is 0 Å². The lowest BCUT2D eigenvalue weighted by Crippen LogP contribution is -2.48. The van der Waals surface area contributed by atoms with Gasteiger partial charge in [-0.25, -0.2) is 8.78 Å². The van der Waals surface area contributed by atoms with Gasteiger partial charge in [-0.2, -0.15) is 0 Å². The lowest BCUT2D eigenvalue weighted by atomic mass is 10.1. The first-order chi connectivity index (χ1) is 10.1. The third kappa shape index (κ3) is 3.99. The smallest absolute Gasteiger partial charge is 0.159 e. The van der Waals surface area contributed by atoms with E-state index in [-0.39, 0.29) is 6.10 Å². The van der Waals surface area contributed by atoms with Gasteiger partial charge in [0.1, 0.15) is 0 Å². The van der Waals surface area contributed by atoms with Crippen molar-refractivity contribution in [2.45, 2.75) is 25.5 Å². The van der Waals surface area contributed by atoms with Crippen molar-refractivity contribution in [3.8, 4) is 0 Å². The van der Waals surface area contributed by atoms with Gasteiger partial charge in [0.05, 0.1) is 6.10 Å². The van der Waals surface area contributed by atoms with Crippen molar-refractivity contribution in [3.05, 3.63) is 35.4 Å². The average molecular weight is 296 g/mol. The number of aliphatic hydroxyl groups is 1. The molecule has 21 heavy (non-hydrogen) atoms.